The van der Waals surface area contributed by atoms with Crippen LogP contribution in [0.25, 0.3) is 0 Å². The maximum atomic E-state index is 13.4. The SMILES string of the molecule is Cc1cc(C)c(S(=O)(=O)N2CC(O)CC2C(=O)Nc2ccc(S(N)(=O)=O)cc2)c(C)c1. The Kier molecular flexibility index (Phi) is 6.27. The number of primary sulfonamides is 1. The number of rotatable bonds is 5. The van der Waals surface area contributed by atoms with E-state index in [1.54, 1.807) is 26.0 Å². The molecule has 1 fully saturated rings. The average molecular weight is 468 g/mol. The van der Waals surface area contributed by atoms with Crippen molar-refractivity contribution in [2.75, 3.05) is 11.9 Å². The Morgan fingerprint density at radius 1 is 1.06 bits per heavy atom. The van der Waals surface area contributed by atoms with Crippen molar-refractivity contribution in [2.45, 2.75) is 49.1 Å². The Hall–Kier alpha value is -2.31. The summed E-state index contributed by atoms with van der Waals surface area (Å²) in [4.78, 5) is 12.9. The molecule has 0 radical (unpaired) electrons. The third-order valence-corrected chi connectivity index (χ3v) is 8.27. The van der Waals surface area contributed by atoms with Gasteiger partial charge in [0, 0.05) is 18.7 Å². The lowest BCUT2D eigenvalue weighted by atomic mass is 10.1. The summed E-state index contributed by atoms with van der Waals surface area (Å²) >= 11 is 0. The van der Waals surface area contributed by atoms with Gasteiger partial charge in [-0.25, -0.2) is 22.0 Å². The van der Waals surface area contributed by atoms with Crippen LogP contribution < -0.4 is 10.5 Å². The zero-order valence-corrected chi connectivity index (χ0v) is 19.0. The zero-order chi connectivity index (χ0) is 23.1. The van der Waals surface area contributed by atoms with Crippen molar-refractivity contribution in [3.63, 3.8) is 0 Å². The number of nitrogens with two attached hydrogens (primary N) is 1. The van der Waals surface area contributed by atoms with Crippen molar-refractivity contribution < 1.29 is 26.7 Å². The van der Waals surface area contributed by atoms with Crippen LogP contribution in [0.15, 0.2) is 46.2 Å². The highest BCUT2D eigenvalue weighted by Gasteiger charge is 2.44. The minimum Gasteiger partial charge on any atom is -0.392 e. The quantitative estimate of drug-likeness (QED) is 0.598. The van der Waals surface area contributed by atoms with Gasteiger partial charge in [0.1, 0.15) is 6.04 Å². The second-order valence-corrected chi connectivity index (χ2v) is 11.2. The lowest BCUT2D eigenvalue weighted by Gasteiger charge is -2.25. The average Bonchev–Trinajstić information content (AvgIpc) is 3.03. The fourth-order valence-electron chi connectivity index (χ4n) is 3.93. The van der Waals surface area contributed by atoms with Gasteiger partial charge in [0.15, 0.2) is 0 Å². The molecule has 1 amide bonds. The molecule has 168 valence electrons. The summed E-state index contributed by atoms with van der Waals surface area (Å²) in [6.45, 7) is 5.06. The summed E-state index contributed by atoms with van der Waals surface area (Å²) < 4.78 is 50.6. The number of aliphatic hydroxyl groups excluding tert-OH is 1. The number of nitrogens with one attached hydrogen (secondary N) is 1. The molecule has 1 heterocycles. The maximum Gasteiger partial charge on any atom is 0.244 e. The molecule has 0 spiro atoms. The van der Waals surface area contributed by atoms with E-state index < -0.39 is 38.1 Å². The smallest absolute Gasteiger partial charge is 0.244 e. The standard InChI is InChI=1S/C20H25N3O6S2/c1-12-8-13(2)19(14(3)9-12)31(28,29)23-11-16(24)10-18(23)20(25)22-15-4-6-17(7-5-15)30(21,26)27/h4-9,16,18,24H,10-11H2,1-3H3,(H,22,25)(H2,21,26,27). The van der Waals surface area contributed by atoms with Gasteiger partial charge >= 0.3 is 0 Å². The van der Waals surface area contributed by atoms with E-state index in [4.69, 9.17) is 5.14 Å². The zero-order valence-electron chi connectivity index (χ0n) is 17.4. The van der Waals surface area contributed by atoms with E-state index in [0.717, 1.165) is 9.87 Å². The molecule has 9 nitrogen and oxygen atoms in total. The molecular weight excluding hydrogens is 442 g/mol. The molecule has 2 aromatic rings. The van der Waals surface area contributed by atoms with Crippen molar-refractivity contribution in [3.05, 3.63) is 53.1 Å². The van der Waals surface area contributed by atoms with Crippen LogP contribution in [0.4, 0.5) is 5.69 Å². The number of aryl methyl sites for hydroxylation is 3. The molecule has 0 aliphatic carbocycles. The molecule has 31 heavy (non-hydrogen) atoms. The van der Waals surface area contributed by atoms with Gasteiger partial charge in [0.05, 0.1) is 15.9 Å². The van der Waals surface area contributed by atoms with Gasteiger partial charge < -0.3 is 10.4 Å². The van der Waals surface area contributed by atoms with Crippen LogP contribution >= 0.6 is 0 Å². The molecule has 4 N–H and O–H groups in total. The lowest BCUT2D eigenvalue weighted by molar-refractivity contribution is -0.119. The van der Waals surface area contributed by atoms with E-state index >= 15 is 0 Å². The van der Waals surface area contributed by atoms with Gasteiger partial charge in [-0.2, -0.15) is 4.31 Å². The Bertz CT molecular complexity index is 1200. The van der Waals surface area contributed by atoms with Crippen molar-refractivity contribution in [2.24, 2.45) is 5.14 Å². The molecule has 2 unspecified atom stereocenters. The molecule has 0 aromatic heterocycles. The van der Waals surface area contributed by atoms with Crippen LogP contribution in [0.5, 0.6) is 0 Å². The Morgan fingerprint density at radius 3 is 2.13 bits per heavy atom. The summed E-state index contributed by atoms with van der Waals surface area (Å²) in [5.41, 5.74) is 2.33. The Morgan fingerprint density at radius 2 is 1.61 bits per heavy atom. The predicted molar refractivity (Wildman–Crippen MR) is 115 cm³/mol. The fraction of sp³-hybridized carbons (Fsp3) is 0.350. The number of benzene rings is 2. The van der Waals surface area contributed by atoms with Crippen LogP contribution in [0.1, 0.15) is 23.1 Å². The first-order chi connectivity index (χ1) is 14.3. The molecule has 1 aliphatic heterocycles. The number of carbonyl (C=O) groups is 1. The van der Waals surface area contributed by atoms with E-state index in [1.807, 2.05) is 6.92 Å². The number of carbonyl (C=O) groups excluding carboxylic acids is 1. The monoisotopic (exact) mass is 467 g/mol. The number of hydrogen-bond donors (Lipinski definition) is 3. The summed E-state index contributed by atoms with van der Waals surface area (Å²) in [5.74, 6) is -0.620. The van der Waals surface area contributed by atoms with Crippen LogP contribution in [-0.4, -0.2) is 50.8 Å². The summed E-state index contributed by atoms with van der Waals surface area (Å²) in [6.07, 6.45) is -1.04. The topological polar surface area (TPSA) is 147 Å². The first-order valence-electron chi connectivity index (χ1n) is 9.52. The van der Waals surface area contributed by atoms with E-state index in [0.29, 0.717) is 11.1 Å². The number of β-amino-alcohol motifs (C(OH)–C–C–N with tert-alkyl or cyclic N) is 1. The van der Waals surface area contributed by atoms with Gasteiger partial charge in [-0.3, -0.25) is 4.79 Å². The van der Waals surface area contributed by atoms with Crippen LogP contribution in [0.3, 0.4) is 0 Å². The highest BCUT2D eigenvalue weighted by atomic mass is 32.2. The van der Waals surface area contributed by atoms with E-state index in [1.165, 1.54) is 24.3 Å². The summed E-state index contributed by atoms with van der Waals surface area (Å²) in [6, 6.07) is 7.59. The Labute approximate surface area is 182 Å². The minimum atomic E-state index is -4.05. The fourth-order valence-corrected chi connectivity index (χ4v) is 6.50. The highest BCUT2D eigenvalue weighted by molar-refractivity contribution is 7.89. The van der Waals surface area contributed by atoms with Crippen molar-refractivity contribution in [3.8, 4) is 0 Å². The van der Waals surface area contributed by atoms with Crippen molar-refractivity contribution >= 4 is 31.6 Å². The number of amides is 1. The second-order valence-electron chi connectivity index (χ2n) is 7.77. The first kappa shape index (κ1) is 23.4. The first-order valence-corrected chi connectivity index (χ1v) is 12.5. The second kappa shape index (κ2) is 8.32. The Balaban J connectivity index is 1.90. The minimum absolute atomic E-state index is 0.0513. The van der Waals surface area contributed by atoms with Gasteiger partial charge in [0.2, 0.25) is 26.0 Å². The highest BCUT2D eigenvalue weighted by Crippen LogP contribution is 2.31. The normalized spacial score (nSPS) is 20.0. The van der Waals surface area contributed by atoms with Gasteiger partial charge in [0.25, 0.3) is 0 Å². The lowest BCUT2D eigenvalue weighted by Crippen LogP contribution is -2.43. The van der Waals surface area contributed by atoms with E-state index in [2.05, 4.69) is 5.32 Å². The van der Waals surface area contributed by atoms with Gasteiger partial charge in [-0.1, -0.05) is 17.7 Å². The molecule has 1 aliphatic rings. The molecule has 1 saturated heterocycles. The van der Waals surface area contributed by atoms with Crippen LogP contribution in [0.2, 0.25) is 0 Å². The number of anilines is 1. The molecule has 11 heteroatoms. The summed E-state index contributed by atoms with van der Waals surface area (Å²) in [7, 11) is -7.92. The van der Waals surface area contributed by atoms with Gasteiger partial charge in [-0.05, 0) is 56.2 Å². The molecule has 2 aromatic carbocycles. The van der Waals surface area contributed by atoms with E-state index in [9.17, 15) is 26.7 Å². The largest absolute Gasteiger partial charge is 0.392 e. The van der Waals surface area contributed by atoms with Crippen molar-refractivity contribution in [1.29, 1.82) is 0 Å². The molecule has 2 atom stereocenters. The molecule has 0 bridgehead atoms. The number of hydrogen-bond acceptors (Lipinski definition) is 6. The number of sulfonamides is 2. The van der Waals surface area contributed by atoms with Crippen molar-refractivity contribution in [1.82, 2.24) is 4.31 Å². The molecular formula is C20H25N3O6S2. The van der Waals surface area contributed by atoms with Crippen LogP contribution in [-0.2, 0) is 24.8 Å². The molecule has 3 rings (SSSR count). The summed E-state index contributed by atoms with van der Waals surface area (Å²) in [5, 5.41) is 17.8. The third kappa shape index (κ3) is 4.80. The van der Waals surface area contributed by atoms with Gasteiger partial charge in [-0.15, -0.1) is 0 Å². The number of nitrogens with zero attached hydrogens (tertiary/aromatic N) is 1. The predicted octanol–water partition coefficient (Wildman–Crippen LogP) is 1.02. The number of aliphatic hydroxyl groups is 1. The molecule has 0 saturated carbocycles. The maximum absolute atomic E-state index is 13.4. The third-order valence-electron chi connectivity index (χ3n) is 5.16. The van der Waals surface area contributed by atoms with E-state index in [-0.39, 0.29) is 28.4 Å². The van der Waals surface area contributed by atoms with Crippen LogP contribution in [0, 0.1) is 20.8 Å².